The molecular formula is C16H17N3O3. The average molecular weight is 299 g/mol. The van der Waals surface area contributed by atoms with Crippen molar-refractivity contribution < 1.29 is 14.7 Å². The first-order valence-electron chi connectivity index (χ1n) is 7.10. The molecule has 2 atom stereocenters. The summed E-state index contributed by atoms with van der Waals surface area (Å²) in [5.74, 6) is -1.13. The molecule has 1 fully saturated rings. The van der Waals surface area contributed by atoms with Crippen LogP contribution >= 0.6 is 0 Å². The standard InChI is InChI=1S/C16H17N3O3/c1-9-7-14(19(2)18-9)15(20)17-11-5-3-10(4-6-11)12-8-13(12)16(21)22/h3-7,12-13H,8H2,1-2H3,(H,17,20)(H,21,22)/t12-,13+/m0/s1. The fraction of sp³-hybridized carbons (Fsp3) is 0.312. The number of carbonyl (C=O) groups is 2. The molecule has 1 heterocycles. The lowest BCUT2D eigenvalue weighted by Gasteiger charge is -2.06. The third-order valence-corrected chi connectivity index (χ3v) is 3.94. The van der Waals surface area contributed by atoms with E-state index < -0.39 is 5.97 Å². The quantitative estimate of drug-likeness (QED) is 0.906. The number of rotatable bonds is 4. The molecule has 0 aliphatic heterocycles. The molecule has 0 radical (unpaired) electrons. The first kappa shape index (κ1) is 14.3. The number of aryl methyl sites for hydroxylation is 2. The summed E-state index contributed by atoms with van der Waals surface area (Å²) in [6.45, 7) is 1.83. The van der Waals surface area contributed by atoms with Crippen molar-refractivity contribution in [2.75, 3.05) is 5.32 Å². The maximum absolute atomic E-state index is 12.2. The van der Waals surface area contributed by atoms with Crippen LogP contribution in [-0.4, -0.2) is 26.8 Å². The van der Waals surface area contributed by atoms with Gasteiger partial charge >= 0.3 is 5.97 Å². The van der Waals surface area contributed by atoms with Gasteiger partial charge in [0.2, 0.25) is 0 Å². The molecule has 22 heavy (non-hydrogen) atoms. The highest BCUT2D eigenvalue weighted by atomic mass is 16.4. The van der Waals surface area contributed by atoms with Crippen LogP contribution in [0.15, 0.2) is 30.3 Å². The van der Waals surface area contributed by atoms with Crippen LogP contribution in [0.2, 0.25) is 0 Å². The van der Waals surface area contributed by atoms with Crippen molar-refractivity contribution in [2.45, 2.75) is 19.3 Å². The first-order chi connectivity index (χ1) is 10.5. The number of benzene rings is 1. The van der Waals surface area contributed by atoms with Crippen molar-refractivity contribution in [3.63, 3.8) is 0 Å². The molecule has 2 aromatic rings. The summed E-state index contributed by atoms with van der Waals surface area (Å²) in [5.41, 5.74) is 2.97. The van der Waals surface area contributed by atoms with E-state index in [4.69, 9.17) is 5.11 Å². The zero-order valence-corrected chi connectivity index (χ0v) is 12.4. The Balaban J connectivity index is 1.68. The minimum atomic E-state index is -0.742. The monoisotopic (exact) mass is 299 g/mol. The maximum Gasteiger partial charge on any atom is 0.307 e. The summed E-state index contributed by atoms with van der Waals surface area (Å²) in [4.78, 5) is 23.1. The highest BCUT2D eigenvalue weighted by molar-refractivity contribution is 6.03. The summed E-state index contributed by atoms with van der Waals surface area (Å²) in [7, 11) is 1.73. The second-order valence-electron chi connectivity index (χ2n) is 5.66. The van der Waals surface area contributed by atoms with Gasteiger partial charge in [-0.05, 0) is 43.0 Å². The van der Waals surface area contributed by atoms with Gasteiger partial charge in [-0.3, -0.25) is 14.3 Å². The third-order valence-electron chi connectivity index (χ3n) is 3.94. The zero-order chi connectivity index (χ0) is 15.9. The van der Waals surface area contributed by atoms with Gasteiger partial charge in [-0.2, -0.15) is 5.10 Å². The van der Waals surface area contributed by atoms with Crippen LogP contribution in [0.3, 0.4) is 0 Å². The molecule has 1 aromatic heterocycles. The topological polar surface area (TPSA) is 84.2 Å². The number of nitrogens with zero attached hydrogens (tertiary/aromatic N) is 2. The number of aromatic nitrogens is 2. The Morgan fingerprint density at radius 2 is 2.00 bits per heavy atom. The van der Waals surface area contributed by atoms with Crippen molar-refractivity contribution in [1.29, 1.82) is 0 Å². The van der Waals surface area contributed by atoms with E-state index in [0.29, 0.717) is 17.8 Å². The Morgan fingerprint density at radius 1 is 1.32 bits per heavy atom. The Bertz CT molecular complexity index is 734. The van der Waals surface area contributed by atoms with Gasteiger partial charge < -0.3 is 10.4 Å². The van der Waals surface area contributed by atoms with Gasteiger partial charge in [0, 0.05) is 12.7 Å². The number of nitrogens with one attached hydrogen (secondary N) is 1. The van der Waals surface area contributed by atoms with E-state index in [2.05, 4.69) is 10.4 Å². The molecular weight excluding hydrogens is 282 g/mol. The number of carbonyl (C=O) groups excluding carboxylic acids is 1. The Kier molecular flexibility index (Phi) is 3.44. The van der Waals surface area contributed by atoms with Gasteiger partial charge in [0.1, 0.15) is 5.69 Å². The van der Waals surface area contributed by atoms with E-state index in [1.165, 1.54) is 0 Å². The van der Waals surface area contributed by atoms with Crippen LogP contribution in [0.1, 0.15) is 34.1 Å². The van der Waals surface area contributed by atoms with Crippen LogP contribution in [0.5, 0.6) is 0 Å². The normalized spacial score (nSPS) is 19.7. The minimum absolute atomic E-state index is 0.0991. The molecule has 1 amide bonds. The predicted octanol–water partition coefficient (Wildman–Crippen LogP) is 2.17. The SMILES string of the molecule is Cc1cc(C(=O)Nc2ccc([C@@H]3C[C@H]3C(=O)O)cc2)n(C)n1. The molecule has 3 rings (SSSR count). The second kappa shape index (κ2) is 5.29. The summed E-state index contributed by atoms with van der Waals surface area (Å²) in [6.07, 6.45) is 0.690. The lowest BCUT2D eigenvalue weighted by molar-refractivity contribution is -0.138. The van der Waals surface area contributed by atoms with Gasteiger partial charge in [-0.1, -0.05) is 12.1 Å². The summed E-state index contributed by atoms with van der Waals surface area (Å²) in [5, 5.41) is 15.9. The summed E-state index contributed by atoms with van der Waals surface area (Å²) in [6, 6.07) is 9.07. The number of carboxylic acids is 1. The molecule has 0 bridgehead atoms. The van der Waals surface area contributed by atoms with Crippen molar-refractivity contribution in [3.05, 3.63) is 47.3 Å². The van der Waals surface area contributed by atoms with Crippen LogP contribution < -0.4 is 5.32 Å². The largest absolute Gasteiger partial charge is 0.481 e. The fourth-order valence-corrected chi connectivity index (χ4v) is 2.67. The third kappa shape index (κ3) is 2.72. The highest BCUT2D eigenvalue weighted by Gasteiger charge is 2.43. The lowest BCUT2D eigenvalue weighted by Crippen LogP contribution is -2.16. The Hall–Kier alpha value is -2.63. The van der Waals surface area contributed by atoms with E-state index >= 15 is 0 Å². The molecule has 0 saturated heterocycles. The van der Waals surface area contributed by atoms with Crippen LogP contribution in [0, 0.1) is 12.8 Å². The number of anilines is 1. The first-order valence-corrected chi connectivity index (χ1v) is 7.10. The van der Waals surface area contributed by atoms with Gasteiger partial charge in [0.25, 0.3) is 5.91 Å². The smallest absolute Gasteiger partial charge is 0.307 e. The van der Waals surface area contributed by atoms with E-state index in [-0.39, 0.29) is 17.7 Å². The van der Waals surface area contributed by atoms with Crippen molar-refractivity contribution >= 4 is 17.6 Å². The van der Waals surface area contributed by atoms with Crippen LogP contribution in [-0.2, 0) is 11.8 Å². The van der Waals surface area contributed by atoms with E-state index in [9.17, 15) is 9.59 Å². The number of carboxylic acid groups (broad SMARTS) is 1. The molecule has 0 spiro atoms. The van der Waals surface area contributed by atoms with E-state index in [0.717, 1.165) is 11.3 Å². The molecule has 1 aromatic carbocycles. The van der Waals surface area contributed by atoms with Gasteiger partial charge in [0.05, 0.1) is 11.6 Å². The number of amides is 1. The lowest BCUT2D eigenvalue weighted by atomic mass is 10.1. The Labute approximate surface area is 127 Å². The maximum atomic E-state index is 12.2. The molecule has 0 unspecified atom stereocenters. The number of hydrogen-bond donors (Lipinski definition) is 2. The molecule has 2 N–H and O–H groups in total. The van der Waals surface area contributed by atoms with Gasteiger partial charge in [0.15, 0.2) is 0 Å². The fourth-order valence-electron chi connectivity index (χ4n) is 2.67. The molecule has 114 valence electrons. The van der Waals surface area contributed by atoms with E-state index in [1.807, 2.05) is 19.1 Å². The van der Waals surface area contributed by atoms with Crippen molar-refractivity contribution in [1.82, 2.24) is 9.78 Å². The summed E-state index contributed by atoms with van der Waals surface area (Å²) < 4.78 is 1.54. The van der Waals surface area contributed by atoms with Gasteiger partial charge in [-0.25, -0.2) is 0 Å². The minimum Gasteiger partial charge on any atom is -0.481 e. The van der Waals surface area contributed by atoms with Crippen LogP contribution in [0.4, 0.5) is 5.69 Å². The number of hydrogen-bond acceptors (Lipinski definition) is 3. The Morgan fingerprint density at radius 3 is 2.50 bits per heavy atom. The molecule has 6 heteroatoms. The van der Waals surface area contributed by atoms with Gasteiger partial charge in [-0.15, -0.1) is 0 Å². The van der Waals surface area contributed by atoms with E-state index in [1.54, 1.807) is 29.9 Å². The van der Waals surface area contributed by atoms with Crippen LogP contribution in [0.25, 0.3) is 0 Å². The molecule has 1 saturated carbocycles. The second-order valence-corrected chi connectivity index (χ2v) is 5.66. The van der Waals surface area contributed by atoms with Crippen molar-refractivity contribution in [2.24, 2.45) is 13.0 Å². The predicted molar refractivity (Wildman–Crippen MR) is 80.8 cm³/mol. The highest BCUT2D eigenvalue weighted by Crippen LogP contribution is 2.47. The summed E-state index contributed by atoms with van der Waals surface area (Å²) >= 11 is 0. The van der Waals surface area contributed by atoms with Crippen molar-refractivity contribution in [3.8, 4) is 0 Å². The molecule has 1 aliphatic rings. The molecule has 6 nitrogen and oxygen atoms in total. The zero-order valence-electron chi connectivity index (χ0n) is 12.4. The average Bonchev–Trinajstić information content (AvgIpc) is 3.19. The number of aliphatic carboxylic acids is 1. The molecule has 1 aliphatic carbocycles.